The van der Waals surface area contributed by atoms with Gasteiger partial charge >= 0.3 is 5.97 Å². The molecular weight excluding hydrogens is 278 g/mol. The quantitative estimate of drug-likeness (QED) is 0.654. The molecule has 2 rings (SSSR count). The van der Waals surface area contributed by atoms with E-state index < -0.39 is 16.8 Å². The van der Waals surface area contributed by atoms with Crippen LogP contribution in [0.2, 0.25) is 0 Å². The molecule has 0 aliphatic rings. The largest absolute Gasteiger partial charge is 0.478 e. The van der Waals surface area contributed by atoms with Gasteiger partial charge in [0.15, 0.2) is 0 Å². The van der Waals surface area contributed by atoms with E-state index in [0.717, 1.165) is 12.3 Å². The first kappa shape index (κ1) is 14.1. The van der Waals surface area contributed by atoms with Crippen molar-refractivity contribution in [3.05, 3.63) is 64.0 Å². The van der Waals surface area contributed by atoms with Gasteiger partial charge in [-0.25, -0.2) is 4.79 Å². The predicted molar refractivity (Wildman–Crippen MR) is 72.2 cm³/mol. The molecule has 0 bridgehead atoms. The summed E-state index contributed by atoms with van der Waals surface area (Å²) in [5, 5.41) is 21.9. The maximum atomic E-state index is 12.0. The number of pyridine rings is 1. The van der Waals surface area contributed by atoms with Crippen molar-refractivity contribution in [3.63, 3.8) is 0 Å². The van der Waals surface area contributed by atoms with Gasteiger partial charge in [-0.1, -0.05) is 6.07 Å². The number of carbonyl (C=O) groups is 2. The standard InChI is InChI=1S/C13H9N3O5/c17-12(8-2-1-3-11(5-8)16(20)21)15-10-4-9(13(18)19)6-14-7-10/h1-7H,(H,15,17)(H,18,19). The number of amides is 1. The molecule has 0 atom stereocenters. The Balaban J connectivity index is 2.22. The number of nitrogens with zero attached hydrogens (tertiary/aromatic N) is 2. The van der Waals surface area contributed by atoms with Gasteiger partial charge in [0, 0.05) is 23.9 Å². The fraction of sp³-hybridized carbons (Fsp3) is 0. The lowest BCUT2D eigenvalue weighted by Gasteiger charge is -2.05. The lowest BCUT2D eigenvalue weighted by Crippen LogP contribution is -2.13. The summed E-state index contributed by atoms with van der Waals surface area (Å²) in [5.41, 5.74) is -0.0109. The summed E-state index contributed by atoms with van der Waals surface area (Å²) in [5.74, 6) is -1.77. The second-order valence-electron chi connectivity index (χ2n) is 4.03. The highest BCUT2D eigenvalue weighted by atomic mass is 16.6. The van der Waals surface area contributed by atoms with Gasteiger partial charge in [-0.15, -0.1) is 0 Å². The SMILES string of the molecule is O=C(O)c1cncc(NC(=O)c2cccc([N+](=O)[O-])c2)c1. The summed E-state index contributed by atoms with van der Waals surface area (Å²) >= 11 is 0. The molecule has 0 saturated heterocycles. The Morgan fingerprint density at radius 1 is 1.19 bits per heavy atom. The number of nitrogens with one attached hydrogen (secondary N) is 1. The van der Waals surface area contributed by atoms with Crippen molar-refractivity contribution >= 4 is 23.3 Å². The summed E-state index contributed by atoms with van der Waals surface area (Å²) in [7, 11) is 0. The number of aromatic carboxylic acids is 1. The highest BCUT2D eigenvalue weighted by Gasteiger charge is 2.12. The summed E-state index contributed by atoms with van der Waals surface area (Å²) in [4.78, 5) is 36.5. The van der Waals surface area contributed by atoms with Gasteiger partial charge in [0.1, 0.15) is 0 Å². The molecular formula is C13H9N3O5. The summed E-state index contributed by atoms with van der Waals surface area (Å²) in [6.45, 7) is 0. The third-order valence-electron chi connectivity index (χ3n) is 2.56. The molecule has 1 amide bonds. The highest BCUT2D eigenvalue weighted by molar-refractivity contribution is 6.05. The molecule has 106 valence electrons. The van der Waals surface area contributed by atoms with Gasteiger partial charge in [-0.05, 0) is 12.1 Å². The lowest BCUT2D eigenvalue weighted by molar-refractivity contribution is -0.384. The molecule has 0 aliphatic heterocycles. The number of benzene rings is 1. The topological polar surface area (TPSA) is 122 Å². The Kier molecular flexibility index (Phi) is 3.89. The van der Waals surface area contributed by atoms with Crippen LogP contribution in [0.5, 0.6) is 0 Å². The van der Waals surface area contributed by atoms with E-state index in [1.165, 1.54) is 30.5 Å². The minimum absolute atomic E-state index is 0.0770. The van der Waals surface area contributed by atoms with Gasteiger partial charge in [-0.3, -0.25) is 19.9 Å². The maximum Gasteiger partial charge on any atom is 0.337 e. The van der Waals surface area contributed by atoms with Crippen molar-refractivity contribution in [3.8, 4) is 0 Å². The zero-order valence-electron chi connectivity index (χ0n) is 10.5. The molecule has 2 N–H and O–H groups in total. The average Bonchev–Trinajstić information content (AvgIpc) is 2.47. The summed E-state index contributed by atoms with van der Waals surface area (Å²) in [6, 6.07) is 6.44. The first-order valence-electron chi connectivity index (χ1n) is 5.71. The number of non-ortho nitro benzene ring substituents is 1. The summed E-state index contributed by atoms with van der Waals surface area (Å²) < 4.78 is 0. The van der Waals surface area contributed by atoms with Gasteiger partial charge in [0.2, 0.25) is 0 Å². The molecule has 8 nitrogen and oxygen atoms in total. The second kappa shape index (κ2) is 5.78. The van der Waals surface area contributed by atoms with Crippen molar-refractivity contribution in [2.75, 3.05) is 5.32 Å². The number of hydrogen-bond donors (Lipinski definition) is 2. The van der Waals surface area contributed by atoms with E-state index in [4.69, 9.17) is 5.11 Å². The number of anilines is 1. The van der Waals surface area contributed by atoms with Crippen molar-refractivity contribution in [2.24, 2.45) is 0 Å². The van der Waals surface area contributed by atoms with Crippen LogP contribution in [0.3, 0.4) is 0 Å². The fourth-order valence-electron chi connectivity index (χ4n) is 1.59. The van der Waals surface area contributed by atoms with Crippen LogP contribution in [-0.2, 0) is 0 Å². The Morgan fingerprint density at radius 2 is 1.95 bits per heavy atom. The van der Waals surface area contributed by atoms with E-state index in [0.29, 0.717) is 0 Å². The molecule has 1 aromatic heterocycles. The Bertz CT molecular complexity index is 729. The van der Waals surface area contributed by atoms with Gasteiger partial charge in [-0.2, -0.15) is 0 Å². The molecule has 0 fully saturated rings. The normalized spacial score (nSPS) is 9.90. The Hall–Kier alpha value is -3.29. The predicted octanol–water partition coefficient (Wildman–Crippen LogP) is 1.94. The van der Waals surface area contributed by atoms with E-state index in [-0.39, 0.29) is 22.5 Å². The zero-order valence-corrected chi connectivity index (χ0v) is 10.5. The van der Waals surface area contributed by atoms with E-state index in [1.807, 2.05) is 0 Å². The number of hydrogen-bond acceptors (Lipinski definition) is 5. The minimum Gasteiger partial charge on any atom is -0.478 e. The number of rotatable bonds is 4. The van der Waals surface area contributed by atoms with E-state index in [1.54, 1.807) is 0 Å². The second-order valence-corrected chi connectivity index (χ2v) is 4.03. The molecule has 0 spiro atoms. The number of aromatic nitrogens is 1. The van der Waals surface area contributed by atoms with Crippen molar-refractivity contribution < 1.29 is 19.6 Å². The van der Waals surface area contributed by atoms with Crippen LogP contribution in [-0.4, -0.2) is 26.9 Å². The first-order chi connectivity index (χ1) is 9.97. The molecule has 8 heteroatoms. The number of carbonyl (C=O) groups excluding carboxylic acids is 1. The maximum absolute atomic E-state index is 12.0. The number of nitro groups is 1. The molecule has 0 aliphatic carbocycles. The molecule has 0 radical (unpaired) electrons. The monoisotopic (exact) mass is 287 g/mol. The van der Waals surface area contributed by atoms with Crippen LogP contribution < -0.4 is 5.32 Å². The molecule has 0 saturated carbocycles. The van der Waals surface area contributed by atoms with Crippen LogP contribution in [0, 0.1) is 10.1 Å². The smallest absolute Gasteiger partial charge is 0.337 e. The Morgan fingerprint density at radius 3 is 2.62 bits per heavy atom. The van der Waals surface area contributed by atoms with Gasteiger partial charge in [0.25, 0.3) is 11.6 Å². The average molecular weight is 287 g/mol. The van der Waals surface area contributed by atoms with E-state index >= 15 is 0 Å². The number of nitro benzene ring substituents is 1. The van der Waals surface area contributed by atoms with E-state index in [2.05, 4.69) is 10.3 Å². The van der Waals surface area contributed by atoms with Crippen LogP contribution in [0.1, 0.15) is 20.7 Å². The number of carboxylic acid groups (broad SMARTS) is 1. The number of carboxylic acids is 1. The minimum atomic E-state index is -1.17. The van der Waals surface area contributed by atoms with Crippen molar-refractivity contribution in [1.29, 1.82) is 0 Å². The third kappa shape index (κ3) is 3.38. The van der Waals surface area contributed by atoms with Crippen molar-refractivity contribution in [2.45, 2.75) is 0 Å². The molecule has 1 heterocycles. The zero-order chi connectivity index (χ0) is 15.4. The molecule has 2 aromatic rings. The molecule has 0 unspecified atom stereocenters. The molecule has 21 heavy (non-hydrogen) atoms. The first-order valence-corrected chi connectivity index (χ1v) is 5.71. The van der Waals surface area contributed by atoms with Gasteiger partial charge < -0.3 is 10.4 Å². The fourth-order valence-corrected chi connectivity index (χ4v) is 1.59. The highest BCUT2D eigenvalue weighted by Crippen LogP contribution is 2.15. The van der Waals surface area contributed by atoms with Crippen LogP contribution in [0.25, 0.3) is 0 Å². The third-order valence-corrected chi connectivity index (χ3v) is 2.56. The summed E-state index contributed by atoms with van der Waals surface area (Å²) in [6.07, 6.45) is 2.42. The van der Waals surface area contributed by atoms with Gasteiger partial charge in [0.05, 0.1) is 22.4 Å². The Labute approximate surface area is 118 Å². The van der Waals surface area contributed by atoms with Crippen LogP contribution in [0.15, 0.2) is 42.7 Å². The van der Waals surface area contributed by atoms with Crippen LogP contribution in [0.4, 0.5) is 11.4 Å². The lowest BCUT2D eigenvalue weighted by atomic mass is 10.2. The molecule has 1 aromatic carbocycles. The van der Waals surface area contributed by atoms with Crippen LogP contribution >= 0.6 is 0 Å². The van der Waals surface area contributed by atoms with Crippen molar-refractivity contribution in [1.82, 2.24) is 4.98 Å². The van der Waals surface area contributed by atoms with E-state index in [9.17, 15) is 19.7 Å².